The summed E-state index contributed by atoms with van der Waals surface area (Å²) >= 11 is 2.92. The van der Waals surface area contributed by atoms with Crippen molar-refractivity contribution < 1.29 is 28.2 Å². The smallest absolute Gasteiger partial charge is 0.341 e. The number of thiophene rings is 2. The van der Waals surface area contributed by atoms with Crippen molar-refractivity contribution in [3.63, 3.8) is 0 Å². The molecule has 0 spiro atoms. The van der Waals surface area contributed by atoms with E-state index in [0.29, 0.717) is 27.5 Å². The van der Waals surface area contributed by atoms with Gasteiger partial charge in [-0.3, -0.25) is 5.32 Å². The number of urea groups is 1. The Hall–Kier alpha value is -3.28. The summed E-state index contributed by atoms with van der Waals surface area (Å²) in [6, 6.07) is 3.86. The molecule has 1 aliphatic heterocycles. The van der Waals surface area contributed by atoms with Gasteiger partial charge in [0.25, 0.3) is 0 Å². The monoisotopic (exact) mass is 599 g/mol. The van der Waals surface area contributed by atoms with Gasteiger partial charge in [0.1, 0.15) is 16.4 Å². The van der Waals surface area contributed by atoms with E-state index in [-0.39, 0.29) is 12.1 Å². The second-order valence-electron chi connectivity index (χ2n) is 11.1. The van der Waals surface area contributed by atoms with Gasteiger partial charge in [0, 0.05) is 33.3 Å². The van der Waals surface area contributed by atoms with Crippen molar-refractivity contribution in [1.82, 2.24) is 10.6 Å². The third kappa shape index (κ3) is 6.32. The number of ether oxygens (including phenoxy) is 2. The highest BCUT2D eigenvalue weighted by molar-refractivity contribution is 7.17. The molecule has 41 heavy (non-hydrogen) atoms. The summed E-state index contributed by atoms with van der Waals surface area (Å²) in [4.78, 5) is 41.2. The van der Waals surface area contributed by atoms with Gasteiger partial charge >= 0.3 is 18.0 Å². The summed E-state index contributed by atoms with van der Waals surface area (Å²) in [6.45, 7) is 7.10. The number of esters is 2. The molecule has 0 saturated heterocycles. The number of carbonyl (C=O) groups excluding carboxylic acids is 3. The molecule has 3 N–H and O–H groups in total. The molecule has 1 aliphatic carbocycles. The Morgan fingerprint density at radius 3 is 2.54 bits per heavy atom. The van der Waals surface area contributed by atoms with Crippen LogP contribution in [0.1, 0.15) is 80.8 Å². The lowest BCUT2D eigenvalue weighted by atomic mass is 9.95. The number of amides is 2. The second-order valence-corrected chi connectivity index (χ2v) is 13.4. The third-order valence-electron chi connectivity index (χ3n) is 7.10. The fourth-order valence-corrected chi connectivity index (χ4v) is 7.90. The van der Waals surface area contributed by atoms with Crippen molar-refractivity contribution in [3.05, 3.63) is 61.6 Å². The first-order chi connectivity index (χ1) is 19.6. The van der Waals surface area contributed by atoms with E-state index in [4.69, 9.17) is 9.47 Å². The topological polar surface area (TPSA) is 106 Å². The van der Waals surface area contributed by atoms with Crippen LogP contribution in [0, 0.1) is 5.82 Å². The van der Waals surface area contributed by atoms with Crippen molar-refractivity contribution in [2.45, 2.75) is 71.6 Å². The van der Waals surface area contributed by atoms with Crippen LogP contribution in [0.15, 0.2) is 18.2 Å². The van der Waals surface area contributed by atoms with Gasteiger partial charge in [-0.2, -0.15) is 0 Å². The van der Waals surface area contributed by atoms with E-state index in [9.17, 15) is 14.4 Å². The zero-order valence-electron chi connectivity index (χ0n) is 23.6. The summed E-state index contributed by atoms with van der Waals surface area (Å²) in [7, 11) is 1.26. The number of rotatable bonds is 6. The van der Waals surface area contributed by atoms with Crippen molar-refractivity contribution >= 4 is 45.6 Å². The van der Waals surface area contributed by atoms with E-state index in [1.165, 1.54) is 35.8 Å². The van der Waals surface area contributed by atoms with Crippen LogP contribution >= 0.6 is 22.7 Å². The van der Waals surface area contributed by atoms with Crippen LogP contribution in [0.5, 0.6) is 0 Å². The van der Waals surface area contributed by atoms with Crippen LogP contribution in [0.3, 0.4) is 0 Å². The number of carbonyl (C=O) groups is 3. The van der Waals surface area contributed by atoms with E-state index >= 15 is 4.39 Å². The lowest BCUT2D eigenvalue weighted by molar-refractivity contribution is 0.00696. The van der Waals surface area contributed by atoms with Gasteiger partial charge in [0.15, 0.2) is 0 Å². The maximum absolute atomic E-state index is 15.3. The van der Waals surface area contributed by atoms with Gasteiger partial charge in [-0.1, -0.05) is 0 Å². The van der Waals surface area contributed by atoms with Crippen molar-refractivity contribution in [2.75, 3.05) is 19.0 Å². The summed E-state index contributed by atoms with van der Waals surface area (Å²) in [6.07, 6.45) is 4.45. The van der Waals surface area contributed by atoms with Crippen LogP contribution in [0.2, 0.25) is 0 Å². The maximum atomic E-state index is 15.3. The first kappa shape index (κ1) is 29.2. The third-order valence-corrected chi connectivity index (χ3v) is 9.61. The zero-order valence-corrected chi connectivity index (χ0v) is 25.3. The fourth-order valence-electron chi connectivity index (χ4n) is 5.26. The Morgan fingerprint density at radius 1 is 1.02 bits per heavy atom. The fraction of sp³-hybridized carbons (Fsp3) is 0.433. The minimum Gasteiger partial charge on any atom is -0.465 e. The van der Waals surface area contributed by atoms with E-state index in [2.05, 4.69) is 16.0 Å². The van der Waals surface area contributed by atoms with Crippen LogP contribution < -0.4 is 16.0 Å². The molecule has 3 aromatic rings. The highest BCUT2D eigenvalue weighted by Gasteiger charge is 2.30. The Balaban J connectivity index is 1.40. The van der Waals surface area contributed by atoms with Gasteiger partial charge in [0.05, 0.1) is 18.2 Å². The van der Waals surface area contributed by atoms with E-state index < -0.39 is 29.4 Å². The molecule has 0 radical (unpaired) electrons. The minimum absolute atomic E-state index is 0.134. The molecule has 0 bridgehead atoms. The second kappa shape index (κ2) is 11.9. The number of fused-ring (bicyclic) bond motifs is 2. The molecule has 1 aromatic carbocycles. The van der Waals surface area contributed by atoms with Gasteiger partial charge < -0.3 is 20.1 Å². The largest absolute Gasteiger partial charge is 0.465 e. The lowest BCUT2D eigenvalue weighted by Gasteiger charge is -2.21. The maximum Gasteiger partial charge on any atom is 0.341 e. The summed E-state index contributed by atoms with van der Waals surface area (Å²) in [5, 5.41) is 9.69. The normalized spacial score (nSPS) is 14.6. The quantitative estimate of drug-likeness (QED) is 0.291. The molecule has 11 heteroatoms. The molecule has 0 fully saturated rings. The molecule has 8 nitrogen and oxygen atoms in total. The molecule has 0 atom stereocenters. The van der Waals surface area contributed by atoms with E-state index in [1.807, 2.05) is 20.8 Å². The van der Waals surface area contributed by atoms with Crippen molar-refractivity contribution in [1.29, 1.82) is 0 Å². The molecule has 2 amide bonds. The number of halogens is 1. The molecular formula is C30H34FN3O5S2. The average molecular weight is 600 g/mol. The summed E-state index contributed by atoms with van der Waals surface area (Å²) in [5.74, 6) is -1.57. The molecule has 5 rings (SSSR count). The number of hydrogen-bond donors (Lipinski definition) is 3. The number of benzene rings is 1. The Bertz CT molecular complexity index is 1500. The molecule has 218 valence electrons. The molecule has 3 heterocycles. The van der Waals surface area contributed by atoms with Crippen LogP contribution in [-0.2, 0) is 41.8 Å². The molecule has 0 unspecified atom stereocenters. The van der Waals surface area contributed by atoms with E-state index in [0.717, 1.165) is 65.1 Å². The van der Waals surface area contributed by atoms with E-state index in [1.54, 1.807) is 12.1 Å². The predicted molar refractivity (Wildman–Crippen MR) is 158 cm³/mol. The number of aryl methyl sites for hydroxylation is 1. The number of methoxy groups -OCH3 is 1. The predicted octanol–water partition coefficient (Wildman–Crippen LogP) is 6.20. The Labute approximate surface area is 246 Å². The van der Waals surface area contributed by atoms with Gasteiger partial charge in [-0.25, -0.2) is 18.8 Å². The van der Waals surface area contributed by atoms with Crippen LogP contribution in [0.4, 0.5) is 14.2 Å². The summed E-state index contributed by atoms with van der Waals surface area (Å²) < 4.78 is 25.7. The zero-order chi connectivity index (χ0) is 29.3. The highest BCUT2D eigenvalue weighted by Crippen LogP contribution is 2.41. The first-order valence-corrected chi connectivity index (χ1v) is 15.3. The van der Waals surface area contributed by atoms with Gasteiger partial charge in [0.2, 0.25) is 0 Å². The highest BCUT2D eigenvalue weighted by atomic mass is 32.1. The van der Waals surface area contributed by atoms with Crippen LogP contribution in [-0.4, -0.2) is 37.2 Å². The number of nitrogens with one attached hydrogen (secondary N) is 3. The van der Waals surface area contributed by atoms with Crippen molar-refractivity contribution in [3.8, 4) is 10.4 Å². The minimum atomic E-state index is -0.659. The first-order valence-electron chi connectivity index (χ1n) is 13.7. The Kier molecular flexibility index (Phi) is 8.49. The molecule has 2 aliphatic rings. The lowest BCUT2D eigenvalue weighted by Crippen LogP contribution is -2.30. The molecular weight excluding hydrogens is 565 g/mol. The standard InChI is InChI=1S/C30H34FN3O5S2/c1-30(2,3)39-28(36)24-19-7-5-6-8-22(19)41-26(24)34-29(37)33-14-20-17-11-12-32-15-23(17)40-25(20)18-10-9-16(13-21(18)31)27(35)38-4/h9-10,13,32H,5-8,11-12,14-15H2,1-4H3,(H2,33,34,37). The number of hydrogen-bond acceptors (Lipinski definition) is 8. The Morgan fingerprint density at radius 2 is 1.80 bits per heavy atom. The molecule has 2 aromatic heterocycles. The van der Waals surface area contributed by atoms with Crippen molar-refractivity contribution in [2.24, 2.45) is 0 Å². The SMILES string of the molecule is COC(=O)c1ccc(-c2sc3c(c2CNC(=O)Nc2sc4c(c2C(=O)OC(C)(C)C)CCCC4)CCNC3)c(F)c1. The van der Waals surface area contributed by atoms with Gasteiger partial charge in [-0.15, -0.1) is 22.7 Å². The van der Waals surface area contributed by atoms with Gasteiger partial charge in [-0.05, 0) is 94.3 Å². The molecule has 0 saturated carbocycles. The van der Waals surface area contributed by atoms with Crippen LogP contribution in [0.25, 0.3) is 10.4 Å². The number of anilines is 1. The average Bonchev–Trinajstić information content (AvgIpc) is 3.48. The summed E-state index contributed by atoms with van der Waals surface area (Å²) in [5.41, 5.74) is 3.21.